The maximum atomic E-state index is 11.9. The average molecular weight is 450 g/mol. The van der Waals surface area contributed by atoms with Crippen molar-refractivity contribution in [2.24, 2.45) is 0 Å². The van der Waals surface area contributed by atoms with Crippen LogP contribution in [0.15, 0.2) is 30.3 Å². The van der Waals surface area contributed by atoms with Gasteiger partial charge in [-0.05, 0) is 52.0 Å². The fourth-order valence-electron chi connectivity index (χ4n) is 3.52. The highest BCUT2D eigenvalue weighted by atomic mass is 16.6. The minimum Gasteiger partial charge on any atom is -0.444 e. The lowest BCUT2D eigenvalue weighted by Gasteiger charge is -2.39. The highest BCUT2D eigenvalue weighted by Gasteiger charge is 2.34. The molecule has 7 nitrogen and oxygen atoms in total. The molecule has 7 heteroatoms. The molecule has 0 bridgehead atoms. The SMILES string of the molecule is CC(C)(C)OC(=O)N1CC(OCCCOCCCO[C@H]2C[C@H](OCc3ccccc3)C2)C1. The maximum absolute atomic E-state index is 11.9. The molecule has 1 aromatic rings. The zero-order chi connectivity index (χ0) is 22.8. The van der Waals surface area contributed by atoms with E-state index < -0.39 is 5.60 Å². The van der Waals surface area contributed by atoms with Crippen LogP contribution in [0.25, 0.3) is 0 Å². The lowest BCUT2D eigenvalue weighted by atomic mass is 9.92. The van der Waals surface area contributed by atoms with Crippen LogP contribution in [-0.4, -0.2) is 74.4 Å². The van der Waals surface area contributed by atoms with Crippen molar-refractivity contribution >= 4 is 6.09 Å². The molecule has 1 saturated carbocycles. The van der Waals surface area contributed by atoms with Crippen molar-refractivity contribution < 1.29 is 28.5 Å². The van der Waals surface area contributed by atoms with Crippen molar-refractivity contribution in [2.75, 3.05) is 39.5 Å². The molecule has 2 fully saturated rings. The Hall–Kier alpha value is -1.67. The van der Waals surface area contributed by atoms with E-state index in [0.29, 0.717) is 51.7 Å². The number of nitrogens with zero attached hydrogens (tertiary/aromatic N) is 1. The van der Waals surface area contributed by atoms with Gasteiger partial charge in [0.25, 0.3) is 0 Å². The van der Waals surface area contributed by atoms with Crippen LogP contribution in [-0.2, 0) is 30.3 Å². The van der Waals surface area contributed by atoms with Gasteiger partial charge in [0, 0.05) is 26.4 Å². The van der Waals surface area contributed by atoms with Crippen molar-refractivity contribution in [2.45, 2.75) is 77.0 Å². The highest BCUT2D eigenvalue weighted by Crippen LogP contribution is 2.27. The molecule has 180 valence electrons. The van der Waals surface area contributed by atoms with Crippen molar-refractivity contribution in [3.63, 3.8) is 0 Å². The predicted molar refractivity (Wildman–Crippen MR) is 122 cm³/mol. The van der Waals surface area contributed by atoms with Gasteiger partial charge < -0.3 is 28.6 Å². The van der Waals surface area contributed by atoms with Gasteiger partial charge in [-0.15, -0.1) is 0 Å². The Balaban J connectivity index is 1.06. The van der Waals surface area contributed by atoms with Gasteiger partial charge in [-0.1, -0.05) is 30.3 Å². The zero-order valence-electron chi connectivity index (χ0n) is 19.8. The standard InChI is InChI=1S/C25H39NO6/c1-25(2,3)32-24(27)26-17-23(18-26)30-14-8-12-28-11-7-13-29-21-15-22(16-21)31-19-20-9-5-4-6-10-20/h4-6,9-10,21-23H,7-8,11-19H2,1-3H3/t21-,22-. The van der Waals surface area contributed by atoms with Crippen molar-refractivity contribution in [1.82, 2.24) is 4.90 Å². The van der Waals surface area contributed by atoms with E-state index in [-0.39, 0.29) is 12.2 Å². The predicted octanol–water partition coefficient (Wildman–Crippen LogP) is 4.18. The Morgan fingerprint density at radius 1 is 0.875 bits per heavy atom. The summed E-state index contributed by atoms with van der Waals surface area (Å²) >= 11 is 0. The molecule has 0 N–H and O–H groups in total. The number of likely N-dealkylation sites (tertiary alicyclic amines) is 1. The van der Waals surface area contributed by atoms with Crippen molar-refractivity contribution in [1.29, 1.82) is 0 Å². The van der Waals surface area contributed by atoms with Gasteiger partial charge in [0.1, 0.15) is 5.60 Å². The molecule has 0 atom stereocenters. The summed E-state index contributed by atoms with van der Waals surface area (Å²) in [6, 6.07) is 10.3. The third kappa shape index (κ3) is 9.06. The summed E-state index contributed by atoms with van der Waals surface area (Å²) in [5.74, 6) is 0. The van der Waals surface area contributed by atoms with Crippen LogP contribution in [0.5, 0.6) is 0 Å². The van der Waals surface area contributed by atoms with E-state index in [2.05, 4.69) is 12.1 Å². The van der Waals surface area contributed by atoms with Crippen LogP contribution in [0, 0.1) is 0 Å². The van der Waals surface area contributed by atoms with E-state index in [9.17, 15) is 4.79 Å². The van der Waals surface area contributed by atoms with Crippen LogP contribution in [0.4, 0.5) is 4.79 Å². The molecule has 0 unspecified atom stereocenters. The summed E-state index contributed by atoms with van der Waals surface area (Å²) in [6.45, 7) is 10.3. The molecule has 32 heavy (non-hydrogen) atoms. The molecule has 1 aliphatic carbocycles. The lowest BCUT2D eigenvalue weighted by molar-refractivity contribution is -0.108. The second-order valence-electron chi connectivity index (χ2n) is 9.58. The molecule has 0 radical (unpaired) electrons. The number of amides is 1. The smallest absolute Gasteiger partial charge is 0.410 e. The molecule has 1 heterocycles. The van der Waals surface area contributed by atoms with Crippen molar-refractivity contribution in [3.05, 3.63) is 35.9 Å². The molecule has 2 aliphatic rings. The maximum Gasteiger partial charge on any atom is 0.410 e. The van der Waals surface area contributed by atoms with Crippen LogP contribution in [0.2, 0.25) is 0 Å². The first-order valence-electron chi connectivity index (χ1n) is 11.8. The Labute approximate surface area is 192 Å². The van der Waals surface area contributed by atoms with E-state index in [1.54, 1.807) is 4.90 Å². The third-order valence-corrected chi connectivity index (χ3v) is 5.45. The molecule has 0 aromatic heterocycles. The minimum absolute atomic E-state index is 0.110. The number of carbonyl (C=O) groups is 1. The van der Waals surface area contributed by atoms with Gasteiger partial charge in [0.05, 0.1) is 38.0 Å². The number of hydrogen-bond acceptors (Lipinski definition) is 6. The second-order valence-corrected chi connectivity index (χ2v) is 9.58. The fourth-order valence-corrected chi connectivity index (χ4v) is 3.52. The Kier molecular flexibility index (Phi) is 9.78. The van der Waals surface area contributed by atoms with Crippen molar-refractivity contribution in [3.8, 4) is 0 Å². The first-order valence-corrected chi connectivity index (χ1v) is 11.8. The molecule has 1 saturated heterocycles. The molecular weight excluding hydrogens is 410 g/mol. The summed E-state index contributed by atoms with van der Waals surface area (Å²) in [7, 11) is 0. The Morgan fingerprint density at radius 3 is 2.09 bits per heavy atom. The Morgan fingerprint density at radius 2 is 1.47 bits per heavy atom. The molecule has 0 spiro atoms. The molecule has 1 aliphatic heterocycles. The van der Waals surface area contributed by atoms with Gasteiger partial charge in [-0.3, -0.25) is 0 Å². The summed E-state index contributed by atoms with van der Waals surface area (Å²) in [5, 5.41) is 0. The number of hydrogen-bond donors (Lipinski definition) is 0. The quantitative estimate of drug-likeness (QED) is 0.421. The number of benzene rings is 1. The van der Waals surface area contributed by atoms with Crippen LogP contribution in [0.3, 0.4) is 0 Å². The minimum atomic E-state index is -0.456. The van der Waals surface area contributed by atoms with Crippen LogP contribution in [0.1, 0.15) is 52.0 Å². The summed E-state index contributed by atoms with van der Waals surface area (Å²) in [4.78, 5) is 13.5. The lowest BCUT2D eigenvalue weighted by Crippen LogP contribution is -2.56. The van der Waals surface area contributed by atoms with Crippen LogP contribution >= 0.6 is 0 Å². The molecule has 1 amide bonds. The largest absolute Gasteiger partial charge is 0.444 e. The summed E-state index contributed by atoms with van der Waals surface area (Å²) in [6.07, 6.45) is 4.22. The molecular formula is C25H39NO6. The van der Waals surface area contributed by atoms with E-state index in [1.165, 1.54) is 5.56 Å². The van der Waals surface area contributed by atoms with E-state index in [1.807, 2.05) is 39.0 Å². The molecule has 1 aromatic carbocycles. The third-order valence-electron chi connectivity index (χ3n) is 5.45. The number of carbonyl (C=O) groups excluding carboxylic acids is 1. The normalized spacial score (nSPS) is 21.2. The van der Waals surface area contributed by atoms with E-state index >= 15 is 0 Å². The summed E-state index contributed by atoms with van der Waals surface area (Å²) in [5.41, 5.74) is 0.762. The van der Waals surface area contributed by atoms with E-state index in [4.69, 9.17) is 23.7 Å². The Bertz CT molecular complexity index is 665. The summed E-state index contributed by atoms with van der Waals surface area (Å²) < 4.78 is 28.5. The van der Waals surface area contributed by atoms with Gasteiger partial charge in [-0.2, -0.15) is 0 Å². The fraction of sp³-hybridized carbons (Fsp3) is 0.720. The molecule has 3 rings (SSSR count). The van der Waals surface area contributed by atoms with E-state index in [0.717, 1.165) is 32.3 Å². The van der Waals surface area contributed by atoms with Crippen LogP contribution < -0.4 is 0 Å². The number of ether oxygens (including phenoxy) is 5. The second kappa shape index (κ2) is 12.5. The first-order chi connectivity index (χ1) is 15.4. The van der Waals surface area contributed by atoms with Gasteiger partial charge in [-0.25, -0.2) is 4.79 Å². The van der Waals surface area contributed by atoms with Gasteiger partial charge in [0.2, 0.25) is 0 Å². The average Bonchev–Trinajstić information content (AvgIpc) is 2.67. The monoisotopic (exact) mass is 449 g/mol. The number of rotatable bonds is 13. The first kappa shape index (κ1) is 25.0. The van der Waals surface area contributed by atoms with Gasteiger partial charge >= 0.3 is 6.09 Å². The highest BCUT2D eigenvalue weighted by molar-refractivity contribution is 5.69. The zero-order valence-corrected chi connectivity index (χ0v) is 19.8. The van der Waals surface area contributed by atoms with Gasteiger partial charge in [0.15, 0.2) is 0 Å². The topological polar surface area (TPSA) is 66.5 Å².